The number of hydrogen-bond acceptors (Lipinski definition) is 3. The van der Waals surface area contributed by atoms with Crippen molar-refractivity contribution in [2.45, 2.75) is 39.3 Å². The van der Waals surface area contributed by atoms with Gasteiger partial charge in [-0.05, 0) is 51.4 Å². The summed E-state index contributed by atoms with van der Waals surface area (Å²) in [5.41, 5.74) is 3.71. The first-order chi connectivity index (χ1) is 10.7. The van der Waals surface area contributed by atoms with Gasteiger partial charge in [-0.3, -0.25) is 4.68 Å². The van der Waals surface area contributed by atoms with Crippen LogP contribution in [-0.4, -0.2) is 35.5 Å². The molecule has 1 aliphatic rings. The second kappa shape index (κ2) is 6.97. The van der Waals surface area contributed by atoms with Crippen molar-refractivity contribution in [1.82, 2.24) is 15.1 Å². The number of nitrogens with one attached hydrogen (secondary N) is 1. The van der Waals surface area contributed by atoms with Gasteiger partial charge in [0.25, 0.3) is 0 Å². The van der Waals surface area contributed by atoms with E-state index in [2.05, 4.69) is 70.2 Å². The Morgan fingerprint density at radius 2 is 2.05 bits per heavy atom. The van der Waals surface area contributed by atoms with Gasteiger partial charge in [-0.1, -0.05) is 18.2 Å². The normalized spacial score (nSPS) is 18.1. The van der Waals surface area contributed by atoms with Crippen LogP contribution in [0.5, 0.6) is 0 Å². The van der Waals surface area contributed by atoms with Crippen molar-refractivity contribution in [1.29, 1.82) is 0 Å². The van der Waals surface area contributed by atoms with E-state index in [0.29, 0.717) is 6.04 Å². The summed E-state index contributed by atoms with van der Waals surface area (Å²) < 4.78 is 2.11. The van der Waals surface area contributed by atoms with E-state index in [-0.39, 0.29) is 0 Å². The van der Waals surface area contributed by atoms with Crippen LogP contribution < -0.4 is 10.2 Å². The van der Waals surface area contributed by atoms with Crippen molar-refractivity contribution in [3.8, 4) is 0 Å². The summed E-state index contributed by atoms with van der Waals surface area (Å²) in [6, 6.07) is 13.5. The molecule has 1 fully saturated rings. The molecule has 1 aromatic heterocycles. The fourth-order valence-electron chi connectivity index (χ4n) is 3.24. The van der Waals surface area contributed by atoms with Gasteiger partial charge in [-0.25, -0.2) is 0 Å². The fraction of sp³-hybridized carbons (Fsp3) is 0.500. The summed E-state index contributed by atoms with van der Waals surface area (Å²) >= 11 is 0. The van der Waals surface area contributed by atoms with E-state index in [9.17, 15) is 0 Å². The molecule has 0 saturated carbocycles. The van der Waals surface area contributed by atoms with E-state index in [1.54, 1.807) is 0 Å². The topological polar surface area (TPSA) is 33.1 Å². The van der Waals surface area contributed by atoms with Crippen molar-refractivity contribution in [2.75, 3.05) is 24.5 Å². The van der Waals surface area contributed by atoms with Crippen LogP contribution in [0.15, 0.2) is 36.4 Å². The Balaban J connectivity index is 1.39. The zero-order valence-corrected chi connectivity index (χ0v) is 13.6. The highest BCUT2D eigenvalue weighted by Gasteiger charge is 2.21. The highest BCUT2D eigenvalue weighted by atomic mass is 15.3. The number of benzene rings is 1. The van der Waals surface area contributed by atoms with Gasteiger partial charge in [0, 0.05) is 37.1 Å². The molecule has 2 heterocycles. The number of rotatable bonds is 6. The van der Waals surface area contributed by atoms with E-state index in [0.717, 1.165) is 38.3 Å². The molecule has 0 radical (unpaired) electrons. The lowest BCUT2D eigenvalue weighted by molar-refractivity contribution is 0.492. The van der Waals surface area contributed by atoms with Crippen LogP contribution in [0.4, 0.5) is 5.69 Å². The lowest BCUT2D eigenvalue weighted by Gasteiger charge is -2.19. The van der Waals surface area contributed by atoms with Gasteiger partial charge in [0.15, 0.2) is 0 Å². The van der Waals surface area contributed by atoms with E-state index in [4.69, 9.17) is 0 Å². The summed E-state index contributed by atoms with van der Waals surface area (Å²) in [5, 5.41) is 8.21. The zero-order valence-electron chi connectivity index (χ0n) is 13.6. The molecular formula is C18H26N4. The quantitative estimate of drug-likeness (QED) is 0.833. The zero-order chi connectivity index (χ0) is 15.4. The van der Waals surface area contributed by atoms with Gasteiger partial charge in [0.2, 0.25) is 0 Å². The lowest BCUT2D eigenvalue weighted by atomic mass is 10.2. The Kier molecular flexibility index (Phi) is 4.78. The monoisotopic (exact) mass is 298 g/mol. The Morgan fingerprint density at radius 1 is 1.23 bits per heavy atom. The number of aromatic nitrogens is 2. The van der Waals surface area contributed by atoms with E-state index in [1.807, 2.05) is 0 Å². The number of hydrogen-bond donors (Lipinski definition) is 1. The summed E-state index contributed by atoms with van der Waals surface area (Å²) in [6.07, 6.45) is 2.36. The minimum atomic E-state index is 0.612. The molecule has 0 spiro atoms. The predicted molar refractivity (Wildman–Crippen MR) is 91.4 cm³/mol. The molecule has 0 bridgehead atoms. The van der Waals surface area contributed by atoms with Gasteiger partial charge in [0.05, 0.1) is 5.69 Å². The first-order valence-corrected chi connectivity index (χ1v) is 8.27. The minimum Gasteiger partial charge on any atom is -0.370 e. The van der Waals surface area contributed by atoms with Gasteiger partial charge in [-0.15, -0.1) is 0 Å². The van der Waals surface area contributed by atoms with Crippen molar-refractivity contribution < 1.29 is 0 Å². The van der Waals surface area contributed by atoms with Crippen LogP contribution in [0.2, 0.25) is 0 Å². The van der Waals surface area contributed by atoms with Crippen molar-refractivity contribution >= 4 is 5.69 Å². The summed E-state index contributed by atoms with van der Waals surface area (Å²) in [4.78, 5) is 2.47. The third-order valence-corrected chi connectivity index (χ3v) is 4.39. The Hall–Kier alpha value is -1.81. The maximum atomic E-state index is 4.51. The molecule has 2 aromatic rings. The molecule has 0 amide bonds. The van der Waals surface area contributed by atoms with Crippen LogP contribution in [0.25, 0.3) is 0 Å². The highest BCUT2D eigenvalue weighted by Crippen LogP contribution is 2.19. The molecule has 22 heavy (non-hydrogen) atoms. The van der Waals surface area contributed by atoms with Gasteiger partial charge >= 0.3 is 0 Å². The van der Waals surface area contributed by atoms with Gasteiger partial charge in [0.1, 0.15) is 0 Å². The average Bonchev–Trinajstić information content (AvgIpc) is 3.11. The molecule has 4 heteroatoms. The molecule has 1 aliphatic heterocycles. The van der Waals surface area contributed by atoms with Crippen LogP contribution >= 0.6 is 0 Å². The van der Waals surface area contributed by atoms with Gasteiger partial charge in [-0.2, -0.15) is 5.10 Å². The van der Waals surface area contributed by atoms with Crippen LogP contribution in [0.3, 0.4) is 0 Å². The largest absolute Gasteiger partial charge is 0.370 e. The van der Waals surface area contributed by atoms with E-state index >= 15 is 0 Å². The van der Waals surface area contributed by atoms with Crippen LogP contribution in [0.1, 0.15) is 24.2 Å². The van der Waals surface area contributed by atoms with Crippen LogP contribution in [-0.2, 0) is 6.54 Å². The molecule has 1 saturated heterocycles. The molecule has 1 aromatic carbocycles. The molecule has 1 atom stereocenters. The smallest absolute Gasteiger partial charge is 0.0596 e. The third kappa shape index (κ3) is 3.69. The van der Waals surface area contributed by atoms with Crippen LogP contribution in [0, 0.1) is 13.8 Å². The van der Waals surface area contributed by atoms with Gasteiger partial charge < -0.3 is 10.2 Å². The van der Waals surface area contributed by atoms with Crippen molar-refractivity contribution in [3.05, 3.63) is 47.8 Å². The standard InChI is InChI=1S/C18H26N4/c1-15-13-16(2)22(20-15)11-6-10-19-17-9-12-21(14-17)18-7-4-3-5-8-18/h3-5,7-8,13,17,19H,6,9-12,14H2,1-2H3. The number of anilines is 1. The molecule has 118 valence electrons. The highest BCUT2D eigenvalue weighted by molar-refractivity contribution is 5.47. The Labute approximate surface area is 133 Å². The molecular weight excluding hydrogens is 272 g/mol. The predicted octanol–water partition coefficient (Wildman–Crippen LogP) is 2.76. The SMILES string of the molecule is Cc1cc(C)n(CCCNC2CCN(c3ccccc3)C2)n1. The first kappa shape index (κ1) is 15.1. The maximum Gasteiger partial charge on any atom is 0.0596 e. The van der Waals surface area contributed by atoms with Crippen molar-refractivity contribution in [3.63, 3.8) is 0 Å². The molecule has 1 unspecified atom stereocenters. The number of aryl methyl sites for hydroxylation is 3. The minimum absolute atomic E-state index is 0.612. The molecule has 3 rings (SSSR count). The fourth-order valence-corrected chi connectivity index (χ4v) is 3.24. The number of para-hydroxylation sites is 1. The second-order valence-corrected chi connectivity index (χ2v) is 6.23. The summed E-state index contributed by atoms with van der Waals surface area (Å²) in [6.45, 7) is 8.51. The first-order valence-electron chi connectivity index (χ1n) is 8.27. The van der Waals surface area contributed by atoms with Crippen molar-refractivity contribution in [2.24, 2.45) is 0 Å². The average molecular weight is 298 g/mol. The molecule has 1 N–H and O–H groups in total. The lowest BCUT2D eigenvalue weighted by Crippen LogP contribution is -2.33. The Morgan fingerprint density at radius 3 is 2.77 bits per heavy atom. The molecule has 0 aliphatic carbocycles. The Bertz CT molecular complexity index is 590. The van der Waals surface area contributed by atoms with E-state index in [1.165, 1.54) is 17.8 Å². The summed E-state index contributed by atoms with van der Waals surface area (Å²) in [7, 11) is 0. The molecule has 4 nitrogen and oxygen atoms in total. The number of nitrogens with zero attached hydrogens (tertiary/aromatic N) is 3. The maximum absolute atomic E-state index is 4.51. The third-order valence-electron chi connectivity index (χ3n) is 4.39. The summed E-state index contributed by atoms with van der Waals surface area (Å²) in [5.74, 6) is 0. The second-order valence-electron chi connectivity index (χ2n) is 6.23. The van der Waals surface area contributed by atoms with E-state index < -0.39 is 0 Å².